The van der Waals surface area contributed by atoms with E-state index in [9.17, 15) is 4.79 Å². The van der Waals surface area contributed by atoms with Crippen LogP contribution in [0.15, 0.2) is 24.3 Å². The van der Waals surface area contributed by atoms with Crippen LogP contribution in [0.2, 0.25) is 0 Å². The lowest BCUT2D eigenvalue weighted by atomic mass is 10.2. The molecule has 0 saturated carbocycles. The maximum atomic E-state index is 12.7. The van der Waals surface area contributed by atoms with Crippen LogP contribution in [0, 0.1) is 0 Å². The summed E-state index contributed by atoms with van der Waals surface area (Å²) in [6.45, 7) is 1.06. The Balaban J connectivity index is 1.89. The average Bonchev–Trinajstić information content (AvgIpc) is 3.08. The van der Waals surface area contributed by atoms with Gasteiger partial charge in [0.1, 0.15) is 17.1 Å². The average molecular weight is 306 g/mol. The van der Waals surface area contributed by atoms with E-state index in [1.807, 2.05) is 24.3 Å². The van der Waals surface area contributed by atoms with E-state index in [0.29, 0.717) is 23.7 Å². The molecule has 6 heteroatoms. The molecule has 1 aliphatic heterocycles. The van der Waals surface area contributed by atoms with E-state index in [0.717, 1.165) is 10.1 Å². The number of carbonyl (C=O) groups is 1. The Labute approximate surface area is 127 Å². The normalized spacial score (nSPS) is 22.1. The number of carbonyl (C=O) groups excluding carboxylic acids is 1. The van der Waals surface area contributed by atoms with Gasteiger partial charge >= 0.3 is 0 Å². The quantitative estimate of drug-likeness (QED) is 0.941. The molecule has 2 heterocycles. The fraction of sp³-hybridized carbons (Fsp3) is 0.400. The minimum absolute atomic E-state index is 0.0460. The van der Waals surface area contributed by atoms with Gasteiger partial charge in [0.15, 0.2) is 0 Å². The molecular weight excluding hydrogens is 288 g/mol. The highest BCUT2D eigenvalue weighted by Crippen LogP contribution is 2.35. The summed E-state index contributed by atoms with van der Waals surface area (Å²) in [7, 11) is 3.27. The van der Waals surface area contributed by atoms with Crippen LogP contribution in [0.25, 0.3) is 10.1 Å². The van der Waals surface area contributed by atoms with Gasteiger partial charge in [-0.15, -0.1) is 11.3 Å². The van der Waals surface area contributed by atoms with Crippen LogP contribution in [-0.4, -0.2) is 50.3 Å². The number of methoxy groups -OCH3 is 2. The zero-order valence-corrected chi connectivity index (χ0v) is 12.9. The van der Waals surface area contributed by atoms with Crippen LogP contribution in [0.3, 0.4) is 0 Å². The third kappa shape index (κ3) is 2.39. The number of amides is 1. The first-order valence-corrected chi connectivity index (χ1v) is 7.59. The number of benzene rings is 1. The molecule has 21 heavy (non-hydrogen) atoms. The SMILES string of the molecule is COC1CN(C(=O)c2sc3ccccc3c2N)CC1OC. The van der Waals surface area contributed by atoms with Crippen LogP contribution in [0.4, 0.5) is 5.69 Å². The molecule has 0 radical (unpaired) electrons. The third-order valence-electron chi connectivity index (χ3n) is 3.94. The lowest BCUT2D eigenvalue weighted by molar-refractivity contribution is -0.00461. The molecule has 1 amide bonds. The lowest BCUT2D eigenvalue weighted by Crippen LogP contribution is -2.29. The summed E-state index contributed by atoms with van der Waals surface area (Å²) in [6.07, 6.45) is -0.177. The Bertz CT molecular complexity index is 658. The predicted molar refractivity (Wildman–Crippen MR) is 83.7 cm³/mol. The van der Waals surface area contributed by atoms with Gasteiger partial charge in [-0.25, -0.2) is 0 Å². The maximum absolute atomic E-state index is 12.7. The van der Waals surface area contributed by atoms with E-state index in [-0.39, 0.29) is 18.1 Å². The van der Waals surface area contributed by atoms with Crippen LogP contribution in [-0.2, 0) is 9.47 Å². The van der Waals surface area contributed by atoms with Crippen LogP contribution in [0.1, 0.15) is 9.67 Å². The molecular formula is C15H18N2O3S. The Morgan fingerprint density at radius 3 is 2.43 bits per heavy atom. The van der Waals surface area contributed by atoms with Crippen molar-refractivity contribution in [1.29, 1.82) is 0 Å². The van der Waals surface area contributed by atoms with Crippen molar-refractivity contribution in [3.8, 4) is 0 Å². The molecule has 2 N–H and O–H groups in total. The number of nitrogens with zero attached hydrogens (tertiary/aromatic N) is 1. The molecule has 1 saturated heterocycles. The summed E-state index contributed by atoms with van der Waals surface area (Å²) in [4.78, 5) is 15.1. The second kappa shape index (κ2) is 5.63. The van der Waals surface area contributed by atoms with Gasteiger partial charge in [-0.2, -0.15) is 0 Å². The summed E-state index contributed by atoms with van der Waals surface area (Å²) >= 11 is 1.44. The smallest absolute Gasteiger partial charge is 0.266 e. The van der Waals surface area contributed by atoms with Crippen LogP contribution in [0.5, 0.6) is 0 Å². The number of likely N-dealkylation sites (tertiary alicyclic amines) is 1. The molecule has 0 spiro atoms. The molecule has 3 rings (SSSR count). The highest BCUT2D eigenvalue weighted by atomic mass is 32.1. The number of hydrogen-bond donors (Lipinski definition) is 1. The molecule has 2 unspecified atom stereocenters. The summed E-state index contributed by atoms with van der Waals surface area (Å²) in [6, 6.07) is 7.80. The molecule has 2 atom stereocenters. The van der Waals surface area contributed by atoms with E-state index in [1.165, 1.54) is 11.3 Å². The Hall–Kier alpha value is -1.63. The number of fused-ring (bicyclic) bond motifs is 1. The largest absolute Gasteiger partial charge is 0.397 e. The molecule has 1 fully saturated rings. The van der Waals surface area contributed by atoms with Gasteiger partial charge in [0.05, 0.1) is 5.69 Å². The standard InChI is InChI=1S/C15H18N2O3S/c1-19-10-7-17(8-11(10)20-2)15(18)14-13(16)9-5-3-4-6-12(9)21-14/h3-6,10-11H,7-8,16H2,1-2H3. The molecule has 0 bridgehead atoms. The van der Waals surface area contributed by atoms with Crippen molar-refractivity contribution in [2.45, 2.75) is 12.2 Å². The first kappa shape index (κ1) is 14.3. The monoisotopic (exact) mass is 306 g/mol. The topological polar surface area (TPSA) is 64.8 Å². The predicted octanol–water partition coefficient (Wildman–Crippen LogP) is 1.97. The van der Waals surface area contributed by atoms with Crippen molar-refractivity contribution in [3.63, 3.8) is 0 Å². The zero-order chi connectivity index (χ0) is 15.0. The molecule has 112 valence electrons. The first-order chi connectivity index (χ1) is 10.2. The summed E-state index contributed by atoms with van der Waals surface area (Å²) in [5, 5.41) is 0.941. The van der Waals surface area contributed by atoms with E-state index < -0.39 is 0 Å². The van der Waals surface area contributed by atoms with Gasteiger partial charge < -0.3 is 20.1 Å². The fourth-order valence-electron chi connectivity index (χ4n) is 2.73. The lowest BCUT2D eigenvalue weighted by Gasteiger charge is -2.15. The molecule has 2 aromatic rings. The summed E-state index contributed by atoms with van der Waals surface area (Å²) < 4.78 is 11.8. The molecule has 1 aliphatic rings. The number of ether oxygens (including phenoxy) is 2. The number of hydrogen-bond acceptors (Lipinski definition) is 5. The van der Waals surface area contributed by atoms with Gasteiger partial charge in [0.25, 0.3) is 5.91 Å². The first-order valence-electron chi connectivity index (χ1n) is 6.77. The maximum Gasteiger partial charge on any atom is 0.266 e. The van der Waals surface area contributed by atoms with Gasteiger partial charge in [-0.1, -0.05) is 18.2 Å². The van der Waals surface area contributed by atoms with Crippen molar-refractivity contribution in [1.82, 2.24) is 4.90 Å². The van der Waals surface area contributed by atoms with Crippen molar-refractivity contribution in [2.75, 3.05) is 33.0 Å². The second-order valence-corrected chi connectivity index (χ2v) is 6.15. The van der Waals surface area contributed by atoms with E-state index in [4.69, 9.17) is 15.2 Å². The summed E-state index contributed by atoms with van der Waals surface area (Å²) in [5.74, 6) is -0.0460. The minimum atomic E-state index is -0.0884. The molecule has 1 aromatic heterocycles. The van der Waals surface area contributed by atoms with Gasteiger partial charge in [0, 0.05) is 37.4 Å². The number of anilines is 1. The number of nitrogen functional groups attached to an aromatic ring is 1. The molecule has 0 aliphatic carbocycles. The van der Waals surface area contributed by atoms with Crippen molar-refractivity contribution < 1.29 is 14.3 Å². The highest BCUT2D eigenvalue weighted by Gasteiger charge is 2.36. The summed E-state index contributed by atoms with van der Waals surface area (Å²) in [5.41, 5.74) is 6.71. The second-order valence-electron chi connectivity index (χ2n) is 5.10. The molecule has 1 aromatic carbocycles. The number of rotatable bonds is 3. The zero-order valence-electron chi connectivity index (χ0n) is 12.0. The Kier molecular flexibility index (Phi) is 3.84. The van der Waals surface area contributed by atoms with Crippen molar-refractivity contribution in [2.24, 2.45) is 0 Å². The van der Waals surface area contributed by atoms with Crippen molar-refractivity contribution in [3.05, 3.63) is 29.1 Å². The number of nitrogens with two attached hydrogens (primary N) is 1. The third-order valence-corrected chi connectivity index (χ3v) is 5.11. The van der Waals surface area contributed by atoms with E-state index in [1.54, 1.807) is 19.1 Å². The van der Waals surface area contributed by atoms with Gasteiger partial charge in [-0.3, -0.25) is 4.79 Å². The van der Waals surface area contributed by atoms with Crippen LogP contribution < -0.4 is 5.73 Å². The van der Waals surface area contributed by atoms with E-state index >= 15 is 0 Å². The highest BCUT2D eigenvalue weighted by molar-refractivity contribution is 7.21. The van der Waals surface area contributed by atoms with Crippen molar-refractivity contribution >= 4 is 33.0 Å². The Morgan fingerprint density at radius 2 is 1.86 bits per heavy atom. The van der Waals surface area contributed by atoms with Gasteiger partial charge in [0.2, 0.25) is 0 Å². The van der Waals surface area contributed by atoms with Gasteiger partial charge in [-0.05, 0) is 6.07 Å². The molecule has 5 nitrogen and oxygen atoms in total. The number of thiophene rings is 1. The van der Waals surface area contributed by atoms with Crippen LogP contribution >= 0.6 is 11.3 Å². The fourth-order valence-corrected chi connectivity index (χ4v) is 3.82. The Morgan fingerprint density at radius 1 is 1.24 bits per heavy atom. The van der Waals surface area contributed by atoms with E-state index in [2.05, 4.69) is 0 Å². The minimum Gasteiger partial charge on any atom is -0.397 e.